The van der Waals surface area contributed by atoms with Crippen molar-refractivity contribution < 1.29 is 28.8 Å². The van der Waals surface area contributed by atoms with Gasteiger partial charge in [0, 0.05) is 25.1 Å². The van der Waals surface area contributed by atoms with Gasteiger partial charge in [-0.05, 0) is 31.4 Å². The molecule has 1 aromatic rings. The topological polar surface area (TPSA) is 137 Å². The van der Waals surface area contributed by atoms with E-state index in [2.05, 4.69) is 15.4 Å². The minimum absolute atomic E-state index is 0.0125. The lowest BCUT2D eigenvalue weighted by atomic mass is 10.1. The van der Waals surface area contributed by atoms with Gasteiger partial charge in [0.25, 0.3) is 11.6 Å². The predicted octanol–water partition coefficient (Wildman–Crippen LogP) is 1.40. The number of hydrogen-bond donors (Lipinski definition) is 2. The molecule has 0 saturated heterocycles. The highest BCUT2D eigenvalue weighted by Crippen LogP contribution is 2.31. The van der Waals surface area contributed by atoms with Gasteiger partial charge in [0.2, 0.25) is 0 Å². The molecule has 0 heterocycles. The second-order valence-electron chi connectivity index (χ2n) is 6.01. The third kappa shape index (κ3) is 6.57. The maximum atomic E-state index is 12.0. The van der Waals surface area contributed by atoms with Crippen LogP contribution >= 0.6 is 0 Å². The molecule has 1 amide bonds. The van der Waals surface area contributed by atoms with Crippen molar-refractivity contribution in [3.63, 3.8) is 0 Å². The number of carbonyl (C=O) groups excluding carboxylic acids is 3. The molecule has 1 saturated carbocycles. The van der Waals surface area contributed by atoms with Crippen molar-refractivity contribution in [1.82, 2.24) is 5.32 Å². The first-order chi connectivity index (χ1) is 12.9. The number of carbonyl (C=O) groups is 3. The number of ether oxygens (including phenoxy) is 2. The number of methoxy groups -OCH3 is 1. The zero-order valence-electron chi connectivity index (χ0n) is 14.9. The van der Waals surface area contributed by atoms with Gasteiger partial charge >= 0.3 is 11.9 Å². The van der Waals surface area contributed by atoms with Gasteiger partial charge in [0.1, 0.15) is 5.69 Å². The van der Waals surface area contributed by atoms with E-state index >= 15 is 0 Å². The van der Waals surface area contributed by atoms with Crippen LogP contribution in [0.4, 0.5) is 11.4 Å². The Hall–Kier alpha value is -3.17. The molecule has 146 valence electrons. The first-order valence-electron chi connectivity index (χ1n) is 8.46. The van der Waals surface area contributed by atoms with Crippen molar-refractivity contribution in [3.05, 3.63) is 33.9 Å². The van der Waals surface area contributed by atoms with Crippen LogP contribution in [0.25, 0.3) is 0 Å². The molecule has 0 spiro atoms. The van der Waals surface area contributed by atoms with Crippen LogP contribution in [0, 0.1) is 10.1 Å². The quantitative estimate of drug-likeness (QED) is 0.269. The van der Waals surface area contributed by atoms with Crippen LogP contribution in [0.15, 0.2) is 18.2 Å². The second-order valence-corrected chi connectivity index (χ2v) is 6.01. The summed E-state index contributed by atoms with van der Waals surface area (Å²) in [4.78, 5) is 45.2. The van der Waals surface area contributed by atoms with Gasteiger partial charge in [0.15, 0.2) is 6.61 Å². The average molecular weight is 379 g/mol. The van der Waals surface area contributed by atoms with Gasteiger partial charge in [-0.3, -0.25) is 19.7 Å². The summed E-state index contributed by atoms with van der Waals surface area (Å²) >= 11 is 0. The summed E-state index contributed by atoms with van der Waals surface area (Å²) in [5.41, 5.74) is 0.118. The van der Waals surface area contributed by atoms with Crippen molar-refractivity contribution in [2.24, 2.45) is 0 Å². The number of anilines is 1. The number of esters is 2. The zero-order chi connectivity index (χ0) is 19.8. The average Bonchev–Trinajstić information content (AvgIpc) is 3.47. The highest BCUT2D eigenvalue weighted by atomic mass is 16.6. The Labute approximate surface area is 155 Å². The number of amides is 1. The molecule has 1 aliphatic carbocycles. The summed E-state index contributed by atoms with van der Waals surface area (Å²) in [5, 5.41) is 16.7. The molecule has 0 atom stereocenters. The van der Waals surface area contributed by atoms with Gasteiger partial charge in [-0.2, -0.15) is 0 Å². The van der Waals surface area contributed by atoms with Crippen LogP contribution in [0.3, 0.4) is 0 Å². The normalized spacial score (nSPS) is 12.8. The standard InChI is InChI=1S/C17H21N3O7/c1-26-16(22)3-2-8-18-15(21)10-27-17(23)11-4-7-13(19-12-5-6-12)14(9-11)20(24)25/h4,7,9,12,19H,2-3,5-6,8,10H2,1H3,(H,18,21). The maximum absolute atomic E-state index is 12.0. The first kappa shape index (κ1) is 20.1. The van der Waals surface area contributed by atoms with Gasteiger partial charge < -0.3 is 20.1 Å². The Morgan fingerprint density at radius 3 is 2.67 bits per heavy atom. The van der Waals surface area contributed by atoms with E-state index in [4.69, 9.17) is 4.74 Å². The molecule has 1 aromatic carbocycles. The molecule has 0 radical (unpaired) electrons. The molecule has 1 aliphatic rings. The van der Waals surface area contributed by atoms with Crippen molar-refractivity contribution >= 4 is 29.2 Å². The number of nitro benzene ring substituents is 1. The molecule has 1 fully saturated rings. The van der Waals surface area contributed by atoms with Crippen LogP contribution in [-0.4, -0.2) is 49.1 Å². The summed E-state index contributed by atoms with van der Waals surface area (Å²) in [6, 6.07) is 4.22. The fourth-order valence-corrected chi connectivity index (χ4v) is 2.21. The number of rotatable bonds is 10. The Morgan fingerprint density at radius 1 is 1.30 bits per heavy atom. The third-order valence-electron chi connectivity index (χ3n) is 3.81. The SMILES string of the molecule is COC(=O)CCCNC(=O)COC(=O)c1ccc(NC2CC2)c([N+](=O)[O-])c1. The van der Waals surface area contributed by atoms with E-state index in [0.717, 1.165) is 18.9 Å². The fraction of sp³-hybridized carbons (Fsp3) is 0.471. The number of hydrogen-bond acceptors (Lipinski definition) is 8. The molecule has 0 bridgehead atoms. The van der Waals surface area contributed by atoms with Gasteiger partial charge in [-0.1, -0.05) is 0 Å². The van der Waals surface area contributed by atoms with Crippen LogP contribution in [0.2, 0.25) is 0 Å². The Kier molecular flexibility index (Phi) is 7.09. The van der Waals surface area contributed by atoms with Crippen LogP contribution in [0.1, 0.15) is 36.0 Å². The second kappa shape index (κ2) is 9.51. The van der Waals surface area contributed by atoms with E-state index in [1.807, 2.05) is 0 Å². The van der Waals surface area contributed by atoms with E-state index in [9.17, 15) is 24.5 Å². The molecule has 27 heavy (non-hydrogen) atoms. The van der Waals surface area contributed by atoms with Crippen LogP contribution in [-0.2, 0) is 19.1 Å². The predicted molar refractivity (Wildman–Crippen MR) is 94.3 cm³/mol. The van der Waals surface area contributed by atoms with Crippen molar-refractivity contribution in [2.75, 3.05) is 25.6 Å². The van der Waals surface area contributed by atoms with E-state index in [1.54, 1.807) is 0 Å². The van der Waals surface area contributed by atoms with E-state index in [-0.39, 0.29) is 36.2 Å². The van der Waals surface area contributed by atoms with Crippen molar-refractivity contribution in [1.29, 1.82) is 0 Å². The number of nitrogens with zero attached hydrogens (tertiary/aromatic N) is 1. The highest BCUT2D eigenvalue weighted by Gasteiger charge is 2.26. The monoisotopic (exact) mass is 379 g/mol. The lowest BCUT2D eigenvalue weighted by Crippen LogP contribution is -2.30. The Balaban J connectivity index is 1.82. The van der Waals surface area contributed by atoms with E-state index in [0.29, 0.717) is 12.1 Å². The molecular weight excluding hydrogens is 358 g/mol. The van der Waals surface area contributed by atoms with E-state index in [1.165, 1.54) is 19.2 Å². The summed E-state index contributed by atoms with van der Waals surface area (Å²) in [6.45, 7) is -0.286. The first-order valence-corrected chi connectivity index (χ1v) is 8.46. The van der Waals surface area contributed by atoms with E-state index < -0.39 is 23.4 Å². The Morgan fingerprint density at radius 2 is 2.04 bits per heavy atom. The number of nitro groups is 1. The molecular formula is C17H21N3O7. The summed E-state index contributed by atoms with van der Waals surface area (Å²) in [7, 11) is 1.28. The molecule has 0 aromatic heterocycles. The summed E-state index contributed by atoms with van der Waals surface area (Å²) < 4.78 is 9.34. The minimum Gasteiger partial charge on any atom is -0.469 e. The maximum Gasteiger partial charge on any atom is 0.338 e. The molecule has 10 nitrogen and oxygen atoms in total. The Bertz CT molecular complexity index is 731. The van der Waals surface area contributed by atoms with Gasteiger partial charge in [-0.25, -0.2) is 4.79 Å². The lowest BCUT2D eigenvalue weighted by Gasteiger charge is -2.08. The molecule has 10 heteroatoms. The molecule has 0 aliphatic heterocycles. The molecule has 2 rings (SSSR count). The largest absolute Gasteiger partial charge is 0.469 e. The molecule has 2 N–H and O–H groups in total. The van der Waals surface area contributed by atoms with Gasteiger partial charge in [-0.15, -0.1) is 0 Å². The van der Waals surface area contributed by atoms with Crippen LogP contribution in [0.5, 0.6) is 0 Å². The third-order valence-corrected chi connectivity index (χ3v) is 3.81. The van der Waals surface area contributed by atoms with Crippen LogP contribution < -0.4 is 10.6 Å². The summed E-state index contributed by atoms with van der Waals surface area (Å²) in [5.74, 6) is -1.74. The lowest BCUT2D eigenvalue weighted by molar-refractivity contribution is -0.384. The number of benzene rings is 1. The van der Waals surface area contributed by atoms with Crippen molar-refractivity contribution in [3.8, 4) is 0 Å². The fourth-order valence-electron chi connectivity index (χ4n) is 2.21. The minimum atomic E-state index is -0.833. The smallest absolute Gasteiger partial charge is 0.338 e. The van der Waals surface area contributed by atoms with Crippen molar-refractivity contribution in [2.45, 2.75) is 31.7 Å². The summed E-state index contributed by atoms with van der Waals surface area (Å²) in [6.07, 6.45) is 2.47. The highest BCUT2D eigenvalue weighted by molar-refractivity contribution is 5.93. The van der Waals surface area contributed by atoms with Gasteiger partial charge in [0.05, 0.1) is 17.6 Å². The zero-order valence-corrected chi connectivity index (χ0v) is 14.9. The molecule has 0 unspecified atom stereocenters. The number of nitrogens with one attached hydrogen (secondary N) is 2.